The second-order valence-corrected chi connectivity index (χ2v) is 6.98. The Balaban J connectivity index is 1.91. The maximum Gasteiger partial charge on any atom is 0.337 e. The van der Waals surface area contributed by atoms with Gasteiger partial charge in [-0.15, -0.1) is 0 Å². The number of aromatic nitrogens is 4. The molecule has 4 rings (SSSR count). The topological polar surface area (TPSA) is 78.9 Å². The molecule has 0 unspecified atom stereocenters. The van der Waals surface area contributed by atoms with E-state index in [0.717, 1.165) is 10.1 Å². The molecule has 0 aliphatic heterocycles. The van der Waals surface area contributed by atoms with Crippen LogP contribution in [0.25, 0.3) is 16.9 Å². The molecule has 0 saturated carbocycles. The fraction of sp³-hybridized carbons (Fsp3) is 0.182. The average molecular weight is 406 g/mol. The molecule has 2 aromatic carbocycles. The van der Waals surface area contributed by atoms with Crippen LogP contribution in [0.4, 0.5) is 4.39 Å². The lowest BCUT2D eigenvalue weighted by molar-refractivity contribution is 0.0973. The van der Waals surface area contributed by atoms with Crippen LogP contribution in [0, 0.1) is 12.7 Å². The Hall–Kier alpha value is -3.81. The molecule has 0 radical (unpaired) electrons. The van der Waals surface area contributed by atoms with Gasteiger partial charge in [0.25, 0.3) is 5.56 Å². The van der Waals surface area contributed by atoms with Crippen LogP contribution in [0.1, 0.15) is 22.8 Å². The van der Waals surface area contributed by atoms with Gasteiger partial charge >= 0.3 is 5.69 Å². The number of hydrogen-bond acceptors (Lipinski definition) is 4. The number of aryl methyl sites for hydroxylation is 1. The zero-order valence-corrected chi connectivity index (χ0v) is 16.5. The van der Waals surface area contributed by atoms with Crippen molar-refractivity contribution >= 4 is 16.9 Å². The summed E-state index contributed by atoms with van der Waals surface area (Å²) in [4.78, 5) is 42.8. The van der Waals surface area contributed by atoms with Crippen molar-refractivity contribution in [1.29, 1.82) is 0 Å². The summed E-state index contributed by atoms with van der Waals surface area (Å²) >= 11 is 0. The summed E-state index contributed by atoms with van der Waals surface area (Å²) in [5.41, 5.74) is 0.830. The van der Waals surface area contributed by atoms with Gasteiger partial charge in [-0.05, 0) is 32.0 Å². The maximum atomic E-state index is 13.8. The van der Waals surface area contributed by atoms with Crippen LogP contribution in [0.15, 0.2) is 64.4 Å². The first-order valence-corrected chi connectivity index (χ1v) is 9.47. The van der Waals surface area contributed by atoms with Gasteiger partial charge in [0, 0.05) is 12.1 Å². The zero-order chi connectivity index (χ0) is 21.4. The summed E-state index contributed by atoms with van der Waals surface area (Å²) in [5.74, 6) is -0.712. The number of carbonyl (C=O) groups excluding carboxylic acids is 1. The van der Waals surface area contributed by atoms with Gasteiger partial charge in [0.2, 0.25) is 0 Å². The van der Waals surface area contributed by atoms with Gasteiger partial charge in [0.05, 0.1) is 18.6 Å². The molecule has 2 heterocycles. The van der Waals surface area contributed by atoms with Crippen LogP contribution in [0.2, 0.25) is 0 Å². The third-order valence-corrected chi connectivity index (χ3v) is 4.97. The number of hydrogen-bond donors (Lipinski definition) is 0. The molecule has 0 N–H and O–H groups in total. The molecule has 0 atom stereocenters. The van der Waals surface area contributed by atoms with E-state index in [0.29, 0.717) is 5.56 Å². The van der Waals surface area contributed by atoms with Gasteiger partial charge in [-0.1, -0.05) is 35.9 Å². The second-order valence-electron chi connectivity index (χ2n) is 6.98. The van der Waals surface area contributed by atoms with Crippen LogP contribution in [0.5, 0.6) is 0 Å². The standard InChI is InChI=1S/C22H19FN4O3/c1-3-26-21(29)19-20(27(22(26)30)17-6-4-5-16(23)11-17)24-13-25(19)12-18(28)15-9-7-14(2)8-10-15/h4-11,13H,3,12H2,1-2H3. The molecule has 30 heavy (non-hydrogen) atoms. The van der Waals surface area contributed by atoms with E-state index in [1.54, 1.807) is 25.1 Å². The molecule has 0 amide bonds. The lowest BCUT2D eigenvalue weighted by Gasteiger charge is -2.11. The number of rotatable bonds is 5. The molecule has 0 aliphatic rings. The van der Waals surface area contributed by atoms with Crippen molar-refractivity contribution in [3.8, 4) is 5.69 Å². The highest BCUT2D eigenvalue weighted by Crippen LogP contribution is 2.15. The first kappa shape index (κ1) is 19.5. The van der Waals surface area contributed by atoms with Crippen molar-refractivity contribution in [2.24, 2.45) is 0 Å². The fourth-order valence-electron chi connectivity index (χ4n) is 3.41. The Morgan fingerprint density at radius 2 is 1.83 bits per heavy atom. The van der Waals surface area contributed by atoms with Crippen LogP contribution >= 0.6 is 0 Å². The first-order chi connectivity index (χ1) is 14.4. The molecular formula is C22H19FN4O3. The summed E-state index contributed by atoms with van der Waals surface area (Å²) < 4.78 is 17.5. The van der Waals surface area contributed by atoms with Gasteiger partial charge < -0.3 is 4.57 Å². The summed E-state index contributed by atoms with van der Waals surface area (Å²) in [6.07, 6.45) is 1.35. The van der Waals surface area contributed by atoms with E-state index >= 15 is 0 Å². The monoisotopic (exact) mass is 406 g/mol. The van der Waals surface area contributed by atoms with Crippen molar-refractivity contribution in [2.45, 2.75) is 26.9 Å². The minimum Gasteiger partial charge on any atom is -0.317 e. The number of fused-ring (bicyclic) bond motifs is 1. The molecule has 152 valence electrons. The van der Waals surface area contributed by atoms with Crippen molar-refractivity contribution < 1.29 is 9.18 Å². The fourth-order valence-corrected chi connectivity index (χ4v) is 3.41. The highest BCUT2D eigenvalue weighted by molar-refractivity contribution is 5.96. The van der Waals surface area contributed by atoms with E-state index in [9.17, 15) is 18.8 Å². The summed E-state index contributed by atoms with van der Waals surface area (Å²) in [6, 6.07) is 12.6. The second kappa shape index (κ2) is 7.55. The Labute approximate surface area is 170 Å². The van der Waals surface area contributed by atoms with E-state index in [1.807, 2.05) is 19.1 Å². The number of ketones is 1. The molecule has 0 aliphatic carbocycles. The minimum atomic E-state index is -0.615. The minimum absolute atomic E-state index is 0.0806. The van der Waals surface area contributed by atoms with Crippen LogP contribution in [0.3, 0.4) is 0 Å². The predicted octanol–water partition coefficient (Wildman–Crippen LogP) is 2.70. The Morgan fingerprint density at radius 1 is 1.10 bits per heavy atom. The van der Waals surface area contributed by atoms with Crippen molar-refractivity contribution in [1.82, 2.24) is 18.7 Å². The molecule has 8 heteroatoms. The maximum absolute atomic E-state index is 13.8. The number of benzene rings is 2. The lowest BCUT2D eigenvalue weighted by atomic mass is 10.1. The summed E-state index contributed by atoms with van der Waals surface area (Å²) in [7, 11) is 0. The third-order valence-electron chi connectivity index (χ3n) is 4.97. The molecule has 0 bridgehead atoms. The Kier molecular flexibility index (Phi) is 4.91. The van der Waals surface area contributed by atoms with Gasteiger partial charge in [-0.25, -0.2) is 18.7 Å². The van der Waals surface area contributed by atoms with Gasteiger partial charge in [0.15, 0.2) is 16.9 Å². The molecule has 2 aromatic heterocycles. The van der Waals surface area contributed by atoms with Crippen molar-refractivity contribution in [3.63, 3.8) is 0 Å². The smallest absolute Gasteiger partial charge is 0.317 e. The van der Waals surface area contributed by atoms with E-state index in [1.165, 1.54) is 33.7 Å². The zero-order valence-electron chi connectivity index (χ0n) is 16.5. The van der Waals surface area contributed by atoms with Crippen molar-refractivity contribution in [3.05, 3.63) is 92.6 Å². The molecular weight excluding hydrogens is 387 g/mol. The lowest BCUT2D eigenvalue weighted by Crippen LogP contribution is -2.39. The highest BCUT2D eigenvalue weighted by atomic mass is 19.1. The Morgan fingerprint density at radius 3 is 2.50 bits per heavy atom. The average Bonchev–Trinajstić information content (AvgIpc) is 3.12. The number of carbonyl (C=O) groups is 1. The SMILES string of the molecule is CCn1c(=O)c2c(ncn2CC(=O)c2ccc(C)cc2)n(-c2cccc(F)c2)c1=O. The molecule has 0 spiro atoms. The summed E-state index contributed by atoms with van der Waals surface area (Å²) in [6.45, 7) is 3.61. The quantitative estimate of drug-likeness (QED) is 0.478. The highest BCUT2D eigenvalue weighted by Gasteiger charge is 2.20. The van der Waals surface area contributed by atoms with E-state index in [-0.39, 0.29) is 35.7 Å². The predicted molar refractivity (Wildman–Crippen MR) is 111 cm³/mol. The first-order valence-electron chi connectivity index (χ1n) is 9.47. The largest absolute Gasteiger partial charge is 0.337 e. The van der Waals surface area contributed by atoms with Crippen LogP contribution in [-0.2, 0) is 13.1 Å². The third kappa shape index (κ3) is 3.26. The van der Waals surface area contributed by atoms with E-state index in [4.69, 9.17) is 0 Å². The summed E-state index contributed by atoms with van der Waals surface area (Å²) in [5, 5.41) is 0. The number of imidazole rings is 1. The van der Waals surface area contributed by atoms with E-state index in [2.05, 4.69) is 4.98 Å². The van der Waals surface area contributed by atoms with E-state index < -0.39 is 17.1 Å². The van der Waals surface area contributed by atoms with Gasteiger partial charge in [-0.2, -0.15) is 0 Å². The molecule has 4 aromatic rings. The molecule has 0 saturated heterocycles. The molecule has 0 fully saturated rings. The molecule has 7 nitrogen and oxygen atoms in total. The normalized spacial score (nSPS) is 11.2. The number of Topliss-reactive ketones (excluding diaryl/α,β-unsaturated/α-hetero) is 1. The Bertz CT molecular complexity index is 1380. The van der Waals surface area contributed by atoms with Crippen LogP contribution in [-0.4, -0.2) is 24.5 Å². The van der Waals surface area contributed by atoms with Gasteiger partial charge in [0.1, 0.15) is 5.82 Å². The van der Waals surface area contributed by atoms with Crippen molar-refractivity contribution in [2.75, 3.05) is 0 Å². The van der Waals surface area contributed by atoms with Crippen LogP contribution < -0.4 is 11.2 Å². The number of halogens is 1. The number of nitrogens with zero attached hydrogens (tertiary/aromatic N) is 4. The van der Waals surface area contributed by atoms with Gasteiger partial charge in [-0.3, -0.25) is 14.2 Å².